The van der Waals surface area contributed by atoms with Crippen molar-refractivity contribution in [1.29, 1.82) is 0 Å². The van der Waals surface area contributed by atoms with E-state index in [1.54, 1.807) is 0 Å². The van der Waals surface area contributed by atoms with Gasteiger partial charge in [0.25, 0.3) is 0 Å². The Kier molecular flexibility index (Phi) is 6.60. The zero-order valence-corrected chi connectivity index (χ0v) is 12.2. The second-order valence-electron chi connectivity index (χ2n) is 4.89. The van der Waals surface area contributed by atoms with E-state index in [0.717, 1.165) is 51.3 Å². The first-order valence-corrected chi connectivity index (χ1v) is 7.54. The number of piperidine rings is 1. The van der Waals surface area contributed by atoms with Gasteiger partial charge in [-0.3, -0.25) is 0 Å². The van der Waals surface area contributed by atoms with Gasteiger partial charge in [0, 0.05) is 19.2 Å². The summed E-state index contributed by atoms with van der Waals surface area (Å²) >= 11 is 0. The van der Waals surface area contributed by atoms with E-state index >= 15 is 0 Å². The summed E-state index contributed by atoms with van der Waals surface area (Å²) in [5.41, 5.74) is 0. The second-order valence-corrected chi connectivity index (χ2v) is 4.89. The van der Waals surface area contributed by atoms with Crippen LogP contribution in [0, 0.1) is 0 Å². The Labute approximate surface area is 121 Å². The van der Waals surface area contributed by atoms with E-state index < -0.39 is 0 Å². The van der Waals surface area contributed by atoms with Gasteiger partial charge in [0.1, 0.15) is 5.82 Å². The Bertz CT molecular complexity index is 381. The minimum atomic E-state index is 0.440. The first kappa shape index (κ1) is 15.1. The van der Waals surface area contributed by atoms with Gasteiger partial charge in [-0.1, -0.05) is 6.07 Å². The van der Waals surface area contributed by atoms with Gasteiger partial charge in [0.05, 0.1) is 12.7 Å². The Morgan fingerprint density at radius 2 is 2.20 bits per heavy atom. The molecular formula is C15H25N3O2. The van der Waals surface area contributed by atoms with Crippen molar-refractivity contribution in [2.24, 2.45) is 0 Å². The highest BCUT2D eigenvalue weighted by Crippen LogP contribution is 2.11. The fourth-order valence-electron chi connectivity index (χ4n) is 2.24. The minimum absolute atomic E-state index is 0.440. The van der Waals surface area contributed by atoms with Crippen LogP contribution in [0.5, 0.6) is 5.88 Å². The van der Waals surface area contributed by atoms with E-state index in [1.807, 2.05) is 25.1 Å². The summed E-state index contributed by atoms with van der Waals surface area (Å²) in [7, 11) is 0. The molecule has 2 rings (SSSR count). The molecule has 5 heteroatoms. The lowest BCUT2D eigenvalue weighted by molar-refractivity contribution is 0.0329. The Balaban J connectivity index is 1.59. The Morgan fingerprint density at radius 1 is 1.35 bits per heavy atom. The van der Waals surface area contributed by atoms with Crippen LogP contribution in [0.25, 0.3) is 0 Å². The molecule has 0 amide bonds. The summed E-state index contributed by atoms with van der Waals surface area (Å²) in [4.78, 5) is 4.37. The lowest BCUT2D eigenvalue weighted by Crippen LogP contribution is -2.32. The van der Waals surface area contributed by atoms with Gasteiger partial charge < -0.3 is 20.1 Å². The van der Waals surface area contributed by atoms with Gasteiger partial charge >= 0.3 is 0 Å². The van der Waals surface area contributed by atoms with Gasteiger partial charge in [0.2, 0.25) is 5.88 Å². The molecule has 5 nitrogen and oxygen atoms in total. The third-order valence-electron chi connectivity index (χ3n) is 3.28. The molecule has 0 bridgehead atoms. The summed E-state index contributed by atoms with van der Waals surface area (Å²) in [6.07, 6.45) is 3.69. The first-order chi connectivity index (χ1) is 9.88. The van der Waals surface area contributed by atoms with Crippen molar-refractivity contribution < 1.29 is 9.47 Å². The van der Waals surface area contributed by atoms with Gasteiger partial charge in [0.15, 0.2) is 0 Å². The average Bonchev–Trinajstić information content (AvgIpc) is 2.49. The van der Waals surface area contributed by atoms with Gasteiger partial charge in [-0.05, 0) is 45.3 Å². The van der Waals surface area contributed by atoms with Crippen LogP contribution in [0.2, 0.25) is 0 Å². The predicted octanol–water partition coefficient (Wildman–Crippen LogP) is 2.05. The molecule has 112 valence electrons. The van der Waals surface area contributed by atoms with Crippen LogP contribution in [0.3, 0.4) is 0 Å². The highest BCUT2D eigenvalue weighted by Gasteiger charge is 2.12. The predicted molar refractivity (Wildman–Crippen MR) is 80.4 cm³/mol. The number of hydrogen-bond donors (Lipinski definition) is 2. The van der Waals surface area contributed by atoms with Crippen molar-refractivity contribution in [3.63, 3.8) is 0 Å². The minimum Gasteiger partial charge on any atom is -0.478 e. The first-order valence-electron chi connectivity index (χ1n) is 7.54. The van der Waals surface area contributed by atoms with E-state index in [2.05, 4.69) is 15.6 Å². The zero-order valence-electron chi connectivity index (χ0n) is 12.2. The zero-order chi connectivity index (χ0) is 14.0. The molecule has 0 radical (unpaired) electrons. The van der Waals surface area contributed by atoms with Crippen LogP contribution < -0.4 is 15.4 Å². The molecule has 1 fully saturated rings. The summed E-state index contributed by atoms with van der Waals surface area (Å²) in [6.45, 7) is 6.44. The van der Waals surface area contributed by atoms with Crippen LogP contribution in [0.15, 0.2) is 18.2 Å². The molecule has 0 aliphatic carbocycles. The Hall–Kier alpha value is -1.33. The number of rotatable bonds is 8. The van der Waals surface area contributed by atoms with Crippen LogP contribution in [-0.4, -0.2) is 43.9 Å². The van der Waals surface area contributed by atoms with E-state index in [0.29, 0.717) is 18.6 Å². The molecule has 1 aromatic rings. The maximum atomic E-state index is 5.86. The number of aromatic nitrogens is 1. The van der Waals surface area contributed by atoms with E-state index in [9.17, 15) is 0 Å². The van der Waals surface area contributed by atoms with Gasteiger partial charge in [-0.25, -0.2) is 0 Å². The van der Waals surface area contributed by atoms with Crippen molar-refractivity contribution in [3.8, 4) is 5.88 Å². The molecule has 1 saturated heterocycles. The summed E-state index contributed by atoms with van der Waals surface area (Å²) in [5.74, 6) is 1.53. The summed E-state index contributed by atoms with van der Waals surface area (Å²) in [6, 6.07) is 5.77. The molecule has 1 aromatic heterocycles. The fourth-order valence-corrected chi connectivity index (χ4v) is 2.24. The Morgan fingerprint density at radius 3 is 3.00 bits per heavy atom. The number of hydrogen-bond acceptors (Lipinski definition) is 5. The molecule has 0 atom stereocenters. The average molecular weight is 279 g/mol. The molecule has 0 aromatic carbocycles. The van der Waals surface area contributed by atoms with Crippen LogP contribution in [-0.2, 0) is 4.74 Å². The largest absolute Gasteiger partial charge is 0.478 e. The maximum Gasteiger partial charge on any atom is 0.215 e. The molecule has 2 heterocycles. The topological polar surface area (TPSA) is 55.4 Å². The molecule has 20 heavy (non-hydrogen) atoms. The van der Waals surface area contributed by atoms with Crippen molar-refractivity contribution >= 4 is 5.82 Å². The highest BCUT2D eigenvalue weighted by atomic mass is 16.5. The molecule has 2 N–H and O–H groups in total. The monoisotopic (exact) mass is 279 g/mol. The van der Waals surface area contributed by atoms with Crippen molar-refractivity contribution in [2.45, 2.75) is 32.3 Å². The third-order valence-corrected chi connectivity index (χ3v) is 3.28. The number of pyridine rings is 1. The van der Waals surface area contributed by atoms with E-state index in [1.165, 1.54) is 0 Å². The molecule has 0 spiro atoms. The van der Waals surface area contributed by atoms with E-state index in [-0.39, 0.29) is 0 Å². The fraction of sp³-hybridized carbons (Fsp3) is 0.667. The SMILES string of the molecule is CCOc1cccc(NCCCOC2CCNCC2)n1. The molecule has 1 aliphatic heterocycles. The lowest BCUT2D eigenvalue weighted by Gasteiger charge is -2.22. The van der Waals surface area contributed by atoms with Crippen molar-refractivity contribution in [2.75, 3.05) is 38.2 Å². The molecular weight excluding hydrogens is 254 g/mol. The van der Waals surface area contributed by atoms with E-state index in [4.69, 9.17) is 9.47 Å². The van der Waals surface area contributed by atoms with Crippen LogP contribution in [0.4, 0.5) is 5.82 Å². The smallest absolute Gasteiger partial charge is 0.215 e. The standard InChI is InChI=1S/C15H25N3O2/c1-2-19-15-6-3-5-14(18-15)17-9-4-12-20-13-7-10-16-11-8-13/h3,5-6,13,16H,2,4,7-12H2,1H3,(H,17,18). The highest BCUT2D eigenvalue weighted by molar-refractivity contribution is 5.36. The van der Waals surface area contributed by atoms with Gasteiger partial charge in [-0.15, -0.1) is 0 Å². The normalized spacial score (nSPS) is 16.1. The van der Waals surface area contributed by atoms with Crippen LogP contribution >= 0.6 is 0 Å². The quantitative estimate of drug-likeness (QED) is 0.713. The summed E-state index contributed by atoms with van der Waals surface area (Å²) < 4.78 is 11.2. The number of anilines is 1. The van der Waals surface area contributed by atoms with Crippen LogP contribution in [0.1, 0.15) is 26.2 Å². The van der Waals surface area contributed by atoms with Crippen molar-refractivity contribution in [1.82, 2.24) is 10.3 Å². The number of nitrogens with one attached hydrogen (secondary N) is 2. The van der Waals surface area contributed by atoms with Gasteiger partial charge in [-0.2, -0.15) is 4.98 Å². The molecule has 0 saturated carbocycles. The lowest BCUT2D eigenvalue weighted by atomic mass is 10.1. The number of nitrogens with zero attached hydrogens (tertiary/aromatic N) is 1. The molecule has 0 unspecified atom stereocenters. The summed E-state index contributed by atoms with van der Waals surface area (Å²) in [5, 5.41) is 6.64. The second kappa shape index (κ2) is 8.76. The third kappa shape index (κ3) is 5.35. The molecule has 1 aliphatic rings. The number of ether oxygens (including phenoxy) is 2. The van der Waals surface area contributed by atoms with Crippen molar-refractivity contribution in [3.05, 3.63) is 18.2 Å². The maximum absolute atomic E-state index is 5.86.